The van der Waals surface area contributed by atoms with Crippen LogP contribution in [-0.2, 0) is 0 Å². The predicted molar refractivity (Wildman–Crippen MR) is 81.8 cm³/mol. The van der Waals surface area contributed by atoms with E-state index in [-0.39, 0.29) is 11.5 Å². The number of rotatable bonds is 5. The van der Waals surface area contributed by atoms with E-state index in [4.69, 9.17) is 0 Å². The second-order valence-electron chi connectivity index (χ2n) is 4.99. The highest BCUT2D eigenvalue weighted by Crippen LogP contribution is 2.19. The number of aromatic nitrogens is 1. The Balaban J connectivity index is 1.87. The summed E-state index contributed by atoms with van der Waals surface area (Å²) in [7, 11) is 0. The predicted octanol–water partition coefficient (Wildman–Crippen LogP) is 3.59. The summed E-state index contributed by atoms with van der Waals surface area (Å²) in [6.45, 7) is 3.97. The fraction of sp³-hybridized carbons (Fsp3) is 0.333. The van der Waals surface area contributed by atoms with E-state index in [1.165, 1.54) is 23.5 Å². The van der Waals surface area contributed by atoms with Gasteiger partial charge in [-0.2, -0.15) is 0 Å². The fourth-order valence-electron chi connectivity index (χ4n) is 1.99. The molecule has 0 spiro atoms. The van der Waals surface area contributed by atoms with Gasteiger partial charge in [0, 0.05) is 29.6 Å². The summed E-state index contributed by atoms with van der Waals surface area (Å²) in [4.78, 5) is 16.0. The van der Waals surface area contributed by atoms with Gasteiger partial charge < -0.3 is 10.6 Å². The molecule has 0 aliphatic carbocycles. The molecule has 1 aromatic carbocycles. The van der Waals surface area contributed by atoms with Crippen molar-refractivity contribution >= 4 is 17.4 Å². The summed E-state index contributed by atoms with van der Waals surface area (Å²) in [5, 5.41) is 8.11. The lowest BCUT2D eigenvalue weighted by Gasteiger charge is -2.17. The van der Waals surface area contributed by atoms with E-state index in [1.54, 1.807) is 13.1 Å². The van der Waals surface area contributed by atoms with Gasteiger partial charge in [0.05, 0.1) is 11.0 Å². The summed E-state index contributed by atoms with van der Waals surface area (Å²) in [6, 6.07) is 2.84. The Bertz CT molecular complexity index is 634. The molecule has 2 rings (SSSR count). The van der Waals surface area contributed by atoms with Crippen molar-refractivity contribution in [3.8, 4) is 0 Å². The molecule has 0 saturated heterocycles. The molecule has 0 fully saturated rings. The first-order valence-corrected chi connectivity index (χ1v) is 7.74. The molecule has 2 N–H and O–H groups in total. The van der Waals surface area contributed by atoms with Crippen LogP contribution in [0.25, 0.3) is 0 Å². The summed E-state index contributed by atoms with van der Waals surface area (Å²) in [6.07, 6.45) is 1.71. The van der Waals surface area contributed by atoms with E-state index >= 15 is 0 Å². The zero-order valence-electron chi connectivity index (χ0n) is 12.3. The number of carbonyl (C=O) groups is 1. The van der Waals surface area contributed by atoms with Gasteiger partial charge in [-0.05, 0) is 13.0 Å². The molecule has 7 heteroatoms. The molecule has 22 heavy (non-hydrogen) atoms. The maximum Gasteiger partial charge on any atom is 0.315 e. The molecule has 0 radical (unpaired) electrons. The quantitative estimate of drug-likeness (QED) is 0.883. The third kappa shape index (κ3) is 4.00. The number of benzene rings is 1. The lowest BCUT2D eigenvalue weighted by atomic mass is 10.1. The monoisotopic (exact) mass is 325 g/mol. The van der Waals surface area contributed by atoms with Crippen LogP contribution in [0.4, 0.5) is 13.6 Å². The van der Waals surface area contributed by atoms with Gasteiger partial charge in [-0.1, -0.05) is 19.1 Å². The van der Waals surface area contributed by atoms with Gasteiger partial charge in [0.1, 0.15) is 0 Å². The van der Waals surface area contributed by atoms with Gasteiger partial charge >= 0.3 is 6.03 Å². The van der Waals surface area contributed by atoms with Crippen LogP contribution in [0.15, 0.2) is 29.8 Å². The van der Waals surface area contributed by atoms with Crippen molar-refractivity contribution in [2.24, 2.45) is 0 Å². The fourth-order valence-corrected chi connectivity index (χ4v) is 2.69. The lowest BCUT2D eigenvalue weighted by molar-refractivity contribution is 0.237. The smallest absolute Gasteiger partial charge is 0.315 e. The molecule has 2 aromatic rings. The number of nitrogens with one attached hydrogen (secondary N) is 2. The van der Waals surface area contributed by atoms with Crippen LogP contribution in [-0.4, -0.2) is 17.6 Å². The van der Waals surface area contributed by atoms with Crippen LogP contribution in [0.2, 0.25) is 0 Å². The van der Waals surface area contributed by atoms with Crippen LogP contribution >= 0.6 is 11.3 Å². The molecular formula is C15H17F2N3OS. The minimum atomic E-state index is -0.938. The maximum absolute atomic E-state index is 13.6. The number of amides is 2. The maximum atomic E-state index is 13.6. The largest absolute Gasteiger partial charge is 0.337 e. The molecule has 118 valence electrons. The van der Waals surface area contributed by atoms with Gasteiger partial charge in [0.2, 0.25) is 0 Å². The van der Waals surface area contributed by atoms with Gasteiger partial charge in [0.15, 0.2) is 11.6 Å². The van der Waals surface area contributed by atoms with Crippen LogP contribution in [0.5, 0.6) is 0 Å². The molecule has 2 unspecified atom stereocenters. The second kappa shape index (κ2) is 7.31. The normalized spacial score (nSPS) is 13.5. The minimum Gasteiger partial charge on any atom is -0.337 e. The summed E-state index contributed by atoms with van der Waals surface area (Å²) in [5.41, 5.74) is 0.114. The Kier molecular flexibility index (Phi) is 5.43. The van der Waals surface area contributed by atoms with Gasteiger partial charge in [-0.15, -0.1) is 11.3 Å². The van der Waals surface area contributed by atoms with Crippen molar-refractivity contribution < 1.29 is 13.6 Å². The number of halogens is 2. The third-order valence-electron chi connectivity index (χ3n) is 3.24. The van der Waals surface area contributed by atoms with Crippen molar-refractivity contribution in [2.75, 3.05) is 6.54 Å². The third-order valence-corrected chi connectivity index (χ3v) is 4.24. The molecule has 0 aliphatic heterocycles. The number of thiazole rings is 1. The molecule has 1 heterocycles. The summed E-state index contributed by atoms with van der Waals surface area (Å²) in [5.74, 6) is -1.78. The average molecular weight is 325 g/mol. The highest BCUT2D eigenvalue weighted by atomic mass is 32.1. The molecular weight excluding hydrogens is 308 g/mol. The Morgan fingerprint density at radius 2 is 2.14 bits per heavy atom. The van der Waals surface area contributed by atoms with Gasteiger partial charge in [-0.3, -0.25) is 0 Å². The zero-order valence-corrected chi connectivity index (χ0v) is 13.1. The Labute approximate surface area is 131 Å². The standard InChI is InChI=1S/C15H17F2N3OS/c1-9(14-18-6-7-22-14)8-19-15(21)20-10(2)11-4-3-5-12(16)13(11)17/h3-7,9-10H,8H2,1-2H3,(H2,19,20,21). The van der Waals surface area contributed by atoms with Crippen LogP contribution in [0.3, 0.4) is 0 Å². The average Bonchev–Trinajstić information content (AvgIpc) is 3.01. The Morgan fingerprint density at radius 1 is 1.36 bits per heavy atom. The SMILES string of the molecule is CC(CNC(=O)NC(C)c1cccc(F)c1F)c1nccs1. The Morgan fingerprint density at radius 3 is 2.82 bits per heavy atom. The number of carbonyl (C=O) groups excluding carboxylic acids is 1. The number of nitrogens with zero attached hydrogens (tertiary/aromatic N) is 1. The number of hydrogen-bond donors (Lipinski definition) is 2. The highest BCUT2D eigenvalue weighted by Gasteiger charge is 2.16. The van der Waals surface area contributed by atoms with Gasteiger partial charge in [-0.25, -0.2) is 18.6 Å². The van der Waals surface area contributed by atoms with Crippen molar-refractivity contribution in [1.29, 1.82) is 0 Å². The number of urea groups is 1. The molecule has 0 aliphatic rings. The first kappa shape index (κ1) is 16.4. The molecule has 2 atom stereocenters. The van der Waals surface area contributed by atoms with Crippen molar-refractivity contribution in [3.63, 3.8) is 0 Å². The van der Waals surface area contributed by atoms with E-state index in [1.807, 2.05) is 12.3 Å². The molecule has 2 amide bonds. The first-order chi connectivity index (χ1) is 10.5. The minimum absolute atomic E-state index is 0.0898. The van der Waals surface area contributed by atoms with E-state index < -0.39 is 23.7 Å². The zero-order chi connectivity index (χ0) is 16.1. The van der Waals surface area contributed by atoms with Crippen molar-refractivity contribution in [1.82, 2.24) is 15.6 Å². The lowest BCUT2D eigenvalue weighted by Crippen LogP contribution is -2.39. The highest BCUT2D eigenvalue weighted by molar-refractivity contribution is 7.09. The van der Waals surface area contributed by atoms with Crippen LogP contribution < -0.4 is 10.6 Å². The topological polar surface area (TPSA) is 54.0 Å². The van der Waals surface area contributed by atoms with Crippen molar-refractivity contribution in [3.05, 3.63) is 52.0 Å². The van der Waals surface area contributed by atoms with E-state index in [0.29, 0.717) is 6.54 Å². The molecule has 1 aromatic heterocycles. The first-order valence-electron chi connectivity index (χ1n) is 6.86. The Hall–Kier alpha value is -2.02. The number of hydrogen-bond acceptors (Lipinski definition) is 3. The van der Waals surface area contributed by atoms with E-state index in [2.05, 4.69) is 15.6 Å². The van der Waals surface area contributed by atoms with Crippen LogP contribution in [0.1, 0.15) is 36.4 Å². The van der Waals surface area contributed by atoms with Crippen LogP contribution in [0, 0.1) is 11.6 Å². The van der Waals surface area contributed by atoms with Crippen molar-refractivity contribution in [2.45, 2.75) is 25.8 Å². The molecule has 4 nitrogen and oxygen atoms in total. The summed E-state index contributed by atoms with van der Waals surface area (Å²) < 4.78 is 26.8. The second-order valence-corrected chi connectivity index (χ2v) is 5.92. The molecule has 0 saturated carbocycles. The van der Waals surface area contributed by atoms with E-state index in [0.717, 1.165) is 11.1 Å². The summed E-state index contributed by atoms with van der Waals surface area (Å²) >= 11 is 1.52. The molecule has 0 bridgehead atoms. The van der Waals surface area contributed by atoms with E-state index in [9.17, 15) is 13.6 Å². The van der Waals surface area contributed by atoms with Gasteiger partial charge in [0.25, 0.3) is 0 Å².